The van der Waals surface area contributed by atoms with Gasteiger partial charge < -0.3 is 21.1 Å². The van der Waals surface area contributed by atoms with Gasteiger partial charge in [0.1, 0.15) is 12.1 Å². The molecule has 3 aromatic rings. The maximum atomic E-state index is 12.6. The summed E-state index contributed by atoms with van der Waals surface area (Å²) in [6.45, 7) is 3.41. The van der Waals surface area contributed by atoms with Crippen LogP contribution >= 0.6 is 23.2 Å². The highest BCUT2D eigenvalue weighted by Crippen LogP contribution is 2.27. The van der Waals surface area contributed by atoms with Crippen molar-refractivity contribution in [3.63, 3.8) is 0 Å². The molecule has 8 nitrogen and oxygen atoms in total. The minimum absolute atomic E-state index is 0.0910. The van der Waals surface area contributed by atoms with Gasteiger partial charge in [-0.2, -0.15) is 0 Å². The van der Waals surface area contributed by atoms with Gasteiger partial charge in [-0.1, -0.05) is 53.5 Å². The van der Waals surface area contributed by atoms with E-state index in [4.69, 9.17) is 33.7 Å². The van der Waals surface area contributed by atoms with Crippen LogP contribution in [-0.2, 0) is 22.6 Å². The molecule has 5 rings (SSSR count). The van der Waals surface area contributed by atoms with Gasteiger partial charge in [0.05, 0.1) is 11.9 Å². The molecule has 200 valence electrons. The first-order valence-corrected chi connectivity index (χ1v) is 13.8. The van der Waals surface area contributed by atoms with Crippen LogP contribution in [0, 0.1) is 0 Å². The number of rotatable bonds is 8. The summed E-state index contributed by atoms with van der Waals surface area (Å²) in [5, 5.41) is 7.67. The second-order valence-corrected chi connectivity index (χ2v) is 10.6. The fourth-order valence-corrected chi connectivity index (χ4v) is 5.48. The van der Waals surface area contributed by atoms with Crippen molar-refractivity contribution in [1.82, 2.24) is 20.2 Å². The van der Waals surface area contributed by atoms with Crippen LogP contribution in [0.2, 0.25) is 10.0 Å². The molecule has 10 heteroatoms. The minimum atomic E-state index is -0.278. The molecular formula is C28H32Cl2N6O2. The van der Waals surface area contributed by atoms with E-state index >= 15 is 0 Å². The number of ether oxygens (including phenoxy) is 1. The van der Waals surface area contributed by atoms with Crippen LogP contribution in [0.25, 0.3) is 11.3 Å². The Balaban J connectivity index is 1.20. The molecule has 2 aromatic carbocycles. The van der Waals surface area contributed by atoms with Gasteiger partial charge in [0.25, 0.3) is 0 Å². The normalized spacial score (nSPS) is 18.4. The van der Waals surface area contributed by atoms with E-state index in [1.54, 1.807) is 24.4 Å². The molecule has 2 aliphatic rings. The van der Waals surface area contributed by atoms with Crippen LogP contribution in [0.5, 0.6) is 0 Å². The third-order valence-electron chi connectivity index (χ3n) is 7.08. The fourth-order valence-electron chi connectivity index (χ4n) is 4.95. The van der Waals surface area contributed by atoms with Crippen molar-refractivity contribution in [2.75, 3.05) is 30.7 Å². The summed E-state index contributed by atoms with van der Waals surface area (Å²) in [6.07, 6.45) is 6.02. The molecule has 0 amide bonds. The standard InChI is InChI=1S/C28H32Cl2N6O2/c29-22-6-3-7-23(30)21(22)14-34-27-26(31)33-15-24(35-27)19-10-8-18(9-11-19)16-36-13-12-32-25(17-36)28(37)38-20-4-1-2-5-20/h3,6-11,15,20,25,32H,1-2,4-5,12-14,16-17H2,(H2,31,33)(H,34,35)/t25-/m1/s1. The number of piperazine rings is 1. The molecule has 1 aromatic heterocycles. The Labute approximate surface area is 232 Å². The third kappa shape index (κ3) is 6.56. The summed E-state index contributed by atoms with van der Waals surface area (Å²) in [7, 11) is 0. The maximum absolute atomic E-state index is 12.6. The van der Waals surface area contributed by atoms with E-state index in [0.29, 0.717) is 40.5 Å². The summed E-state index contributed by atoms with van der Waals surface area (Å²) >= 11 is 12.6. The number of nitrogens with two attached hydrogens (primary N) is 1. The molecule has 1 aliphatic carbocycles. The quantitative estimate of drug-likeness (QED) is 0.337. The summed E-state index contributed by atoms with van der Waals surface area (Å²) in [5.41, 5.74) is 9.63. The van der Waals surface area contributed by atoms with Crippen LogP contribution in [0.15, 0.2) is 48.7 Å². The highest BCUT2D eigenvalue weighted by molar-refractivity contribution is 6.36. The van der Waals surface area contributed by atoms with E-state index in [0.717, 1.165) is 62.0 Å². The number of anilines is 2. The summed E-state index contributed by atoms with van der Waals surface area (Å²) in [4.78, 5) is 23.9. The molecule has 1 saturated heterocycles. The van der Waals surface area contributed by atoms with Gasteiger partial charge in [0.15, 0.2) is 11.6 Å². The molecule has 4 N–H and O–H groups in total. The average Bonchev–Trinajstić information content (AvgIpc) is 3.43. The van der Waals surface area contributed by atoms with E-state index < -0.39 is 0 Å². The third-order valence-corrected chi connectivity index (χ3v) is 7.79. The molecule has 2 fully saturated rings. The molecular weight excluding hydrogens is 523 g/mol. The topological polar surface area (TPSA) is 105 Å². The first kappa shape index (κ1) is 26.7. The molecule has 0 spiro atoms. The second-order valence-electron chi connectivity index (χ2n) is 9.82. The highest BCUT2D eigenvalue weighted by Gasteiger charge is 2.29. The SMILES string of the molecule is Nc1ncc(-c2ccc(CN3CCN[C@@H](C(=O)OC4CCCC4)C3)cc2)nc1NCc1c(Cl)cccc1Cl. The predicted molar refractivity (Wildman–Crippen MR) is 151 cm³/mol. The first-order valence-electron chi connectivity index (χ1n) is 13.0. The molecule has 0 radical (unpaired) electrons. The van der Waals surface area contributed by atoms with Crippen molar-refractivity contribution in [3.05, 3.63) is 69.8 Å². The average molecular weight is 556 g/mol. The molecule has 38 heavy (non-hydrogen) atoms. The van der Waals surface area contributed by atoms with Crippen molar-refractivity contribution in [3.8, 4) is 11.3 Å². The van der Waals surface area contributed by atoms with Crippen molar-refractivity contribution < 1.29 is 9.53 Å². The van der Waals surface area contributed by atoms with Crippen LogP contribution in [0.1, 0.15) is 36.8 Å². The van der Waals surface area contributed by atoms with Crippen LogP contribution < -0.4 is 16.4 Å². The number of carbonyl (C=O) groups is 1. The van der Waals surface area contributed by atoms with Crippen LogP contribution in [0.4, 0.5) is 11.6 Å². The molecule has 2 heterocycles. The predicted octanol–water partition coefficient (Wildman–Crippen LogP) is 4.90. The summed E-state index contributed by atoms with van der Waals surface area (Å²) in [5.74, 6) is 0.646. The number of benzene rings is 2. The molecule has 0 unspecified atom stereocenters. The molecule has 1 atom stereocenters. The van der Waals surface area contributed by atoms with E-state index in [1.807, 2.05) is 12.1 Å². The summed E-state index contributed by atoms with van der Waals surface area (Å²) < 4.78 is 5.72. The summed E-state index contributed by atoms with van der Waals surface area (Å²) in [6, 6.07) is 13.3. The number of hydrogen-bond donors (Lipinski definition) is 3. The fraction of sp³-hybridized carbons (Fsp3) is 0.393. The molecule has 0 bridgehead atoms. The van der Waals surface area contributed by atoms with E-state index in [9.17, 15) is 4.79 Å². The van der Waals surface area contributed by atoms with Crippen molar-refractivity contribution >= 4 is 40.8 Å². The van der Waals surface area contributed by atoms with Gasteiger partial charge in [-0.25, -0.2) is 9.97 Å². The van der Waals surface area contributed by atoms with E-state index in [1.165, 1.54) is 0 Å². The number of nitrogens with zero attached hydrogens (tertiary/aromatic N) is 3. The number of esters is 1. The number of nitrogen functional groups attached to an aromatic ring is 1. The van der Waals surface area contributed by atoms with E-state index in [-0.39, 0.29) is 18.1 Å². The number of nitrogens with one attached hydrogen (secondary N) is 2. The lowest BCUT2D eigenvalue weighted by Gasteiger charge is -2.33. The Kier molecular flexibility index (Phi) is 8.64. The lowest BCUT2D eigenvalue weighted by Crippen LogP contribution is -2.54. The zero-order valence-electron chi connectivity index (χ0n) is 21.1. The maximum Gasteiger partial charge on any atom is 0.324 e. The number of halogens is 2. The van der Waals surface area contributed by atoms with Crippen LogP contribution in [-0.4, -0.2) is 52.6 Å². The zero-order valence-corrected chi connectivity index (χ0v) is 22.6. The van der Waals surface area contributed by atoms with E-state index in [2.05, 4.69) is 37.6 Å². The van der Waals surface area contributed by atoms with Gasteiger partial charge in [-0.15, -0.1) is 0 Å². The Morgan fingerprint density at radius 1 is 1.13 bits per heavy atom. The molecule has 1 saturated carbocycles. The smallest absolute Gasteiger partial charge is 0.324 e. The number of aromatic nitrogens is 2. The van der Waals surface area contributed by atoms with Crippen molar-refractivity contribution in [2.45, 2.75) is 50.9 Å². The largest absolute Gasteiger partial charge is 0.461 e. The zero-order chi connectivity index (χ0) is 26.5. The lowest BCUT2D eigenvalue weighted by atomic mass is 10.1. The van der Waals surface area contributed by atoms with Gasteiger partial charge >= 0.3 is 5.97 Å². The lowest BCUT2D eigenvalue weighted by molar-refractivity contribution is -0.152. The molecule has 1 aliphatic heterocycles. The van der Waals surface area contributed by atoms with Gasteiger partial charge in [-0.3, -0.25) is 9.69 Å². The van der Waals surface area contributed by atoms with Gasteiger partial charge in [-0.05, 0) is 43.4 Å². The highest BCUT2D eigenvalue weighted by atomic mass is 35.5. The van der Waals surface area contributed by atoms with Gasteiger partial charge in [0.2, 0.25) is 0 Å². The Morgan fingerprint density at radius 3 is 2.61 bits per heavy atom. The Hall–Kier alpha value is -2.91. The minimum Gasteiger partial charge on any atom is -0.461 e. The first-order chi connectivity index (χ1) is 18.5. The number of carbonyl (C=O) groups excluding carboxylic acids is 1. The monoisotopic (exact) mass is 554 g/mol. The van der Waals surface area contributed by atoms with Crippen LogP contribution in [0.3, 0.4) is 0 Å². The Morgan fingerprint density at radius 2 is 1.87 bits per heavy atom. The van der Waals surface area contributed by atoms with Crippen molar-refractivity contribution in [1.29, 1.82) is 0 Å². The Bertz CT molecular complexity index is 1250. The second kappa shape index (κ2) is 12.3. The number of hydrogen-bond acceptors (Lipinski definition) is 8. The van der Waals surface area contributed by atoms with Crippen molar-refractivity contribution in [2.24, 2.45) is 0 Å². The van der Waals surface area contributed by atoms with Gasteiger partial charge in [0, 0.05) is 53.9 Å².